The number of halogens is 1. The molecule has 1 aromatic carbocycles. The predicted octanol–water partition coefficient (Wildman–Crippen LogP) is 3.15. The fourth-order valence-corrected chi connectivity index (χ4v) is 1.86. The Balaban J connectivity index is 1.76. The first-order valence-electron chi connectivity index (χ1n) is 5.76. The van der Waals surface area contributed by atoms with Crippen molar-refractivity contribution in [2.75, 3.05) is 0 Å². The smallest absolute Gasteiger partial charge is 0.198 e. The summed E-state index contributed by atoms with van der Waals surface area (Å²) in [6.07, 6.45) is 3.02. The molecule has 0 spiro atoms. The molecule has 3 nitrogen and oxygen atoms in total. The van der Waals surface area contributed by atoms with Crippen molar-refractivity contribution in [2.24, 2.45) is 0 Å². The summed E-state index contributed by atoms with van der Waals surface area (Å²) in [6.45, 7) is 0. The number of rotatable bonds is 3. The molecular weight excluding hydrogens is 231 g/mol. The molecule has 4 heteroatoms. The van der Waals surface area contributed by atoms with Gasteiger partial charge in [0.15, 0.2) is 17.1 Å². The van der Waals surface area contributed by atoms with Crippen molar-refractivity contribution in [2.45, 2.75) is 12.8 Å². The van der Waals surface area contributed by atoms with E-state index in [1.54, 1.807) is 12.3 Å². The number of hydrogen-bond donors (Lipinski definition) is 0. The van der Waals surface area contributed by atoms with Crippen molar-refractivity contribution in [3.8, 4) is 0 Å². The van der Waals surface area contributed by atoms with Gasteiger partial charge in [-0.25, -0.2) is 9.37 Å². The standard InChI is InChI=1S/C14H11FN2O/c15-11-4-1-3-10(9-11)6-7-13-17-14-12(18-13)5-2-8-16-14/h1-5,8-9H,6-7H2. The summed E-state index contributed by atoms with van der Waals surface area (Å²) in [5, 5.41) is 0. The van der Waals surface area contributed by atoms with E-state index in [1.807, 2.05) is 18.2 Å². The summed E-state index contributed by atoms with van der Waals surface area (Å²) in [6, 6.07) is 10.2. The molecule has 0 saturated heterocycles. The Morgan fingerprint density at radius 1 is 1.11 bits per heavy atom. The van der Waals surface area contributed by atoms with E-state index >= 15 is 0 Å². The van der Waals surface area contributed by atoms with E-state index in [0.29, 0.717) is 30.0 Å². The Bertz CT molecular complexity index is 645. The lowest BCUT2D eigenvalue weighted by Gasteiger charge is -1.98. The van der Waals surface area contributed by atoms with Gasteiger partial charge in [0, 0.05) is 12.6 Å². The van der Waals surface area contributed by atoms with Gasteiger partial charge in [0.2, 0.25) is 0 Å². The molecule has 0 fully saturated rings. The summed E-state index contributed by atoms with van der Waals surface area (Å²) in [5.41, 5.74) is 2.24. The zero-order valence-corrected chi connectivity index (χ0v) is 9.64. The van der Waals surface area contributed by atoms with Crippen LogP contribution in [0.3, 0.4) is 0 Å². The Hall–Kier alpha value is -2.23. The number of aryl methyl sites for hydroxylation is 2. The first kappa shape index (κ1) is 10.9. The molecule has 2 aromatic heterocycles. The zero-order chi connectivity index (χ0) is 12.4. The maximum atomic E-state index is 13.0. The van der Waals surface area contributed by atoms with Crippen LogP contribution in [-0.4, -0.2) is 9.97 Å². The lowest BCUT2D eigenvalue weighted by Crippen LogP contribution is -1.92. The number of benzene rings is 1. The lowest BCUT2D eigenvalue weighted by molar-refractivity contribution is 0.527. The van der Waals surface area contributed by atoms with Crippen molar-refractivity contribution < 1.29 is 8.81 Å². The largest absolute Gasteiger partial charge is 0.439 e. The molecule has 0 atom stereocenters. The number of pyridine rings is 1. The number of hydrogen-bond acceptors (Lipinski definition) is 3. The number of fused-ring (bicyclic) bond motifs is 1. The van der Waals surface area contributed by atoms with Crippen LogP contribution in [0.25, 0.3) is 11.2 Å². The second kappa shape index (κ2) is 4.56. The maximum Gasteiger partial charge on any atom is 0.198 e. The molecular formula is C14H11FN2O. The predicted molar refractivity (Wildman–Crippen MR) is 65.6 cm³/mol. The highest BCUT2D eigenvalue weighted by Crippen LogP contribution is 2.14. The Labute approximate surface area is 103 Å². The van der Waals surface area contributed by atoms with Gasteiger partial charge in [0.25, 0.3) is 0 Å². The number of nitrogens with zero attached hydrogens (tertiary/aromatic N) is 2. The van der Waals surface area contributed by atoms with Gasteiger partial charge in [0.1, 0.15) is 5.82 Å². The van der Waals surface area contributed by atoms with Crippen molar-refractivity contribution in [3.05, 3.63) is 59.9 Å². The molecule has 90 valence electrons. The van der Waals surface area contributed by atoms with Crippen LogP contribution in [0.2, 0.25) is 0 Å². The van der Waals surface area contributed by atoms with Gasteiger partial charge in [-0.2, -0.15) is 4.98 Å². The molecule has 18 heavy (non-hydrogen) atoms. The lowest BCUT2D eigenvalue weighted by atomic mass is 10.1. The van der Waals surface area contributed by atoms with Gasteiger partial charge < -0.3 is 4.42 Å². The second-order valence-corrected chi connectivity index (χ2v) is 4.06. The molecule has 0 N–H and O–H groups in total. The molecule has 0 saturated carbocycles. The van der Waals surface area contributed by atoms with E-state index in [1.165, 1.54) is 12.1 Å². The van der Waals surface area contributed by atoms with E-state index in [4.69, 9.17) is 4.42 Å². The van der Waals surface area contributed by atoms with Crippen molar-refractivity contribution in [3.63, 3.8) is 0 Å². The Morgan fingerprint density at radius 2 is 2.06 bits per heavy atom. The van der Waals surface area contributed by atoms with Crippen LogP contribution in [0.1, 0.15) is 11.5 Å². The van der Waals surface area contributed by atoms with Gasteiger partial charge in [-0.1, -0.05) is 12.1 Å². The van der Waals surface area contributed by atoms with Gasteiger partial charge in [-0.3, -0.25) is 0 Å². The highest BCUT2D eigenvalue weighted by Gasteiger charge is 2.06. The number of oxazole rings is 1. The SMILES string of the molecule is Fc1cccc(CCc2nc3ncccc3o2)c1. The normalized spacial score (nSPS) is 10.9. The van der Waals surface area contributed by atoms with Crippen LogP contribution in [0, 0.1) is 5.82 Å². The van der Waals surface area contributed by atoms with E-state index in [2.05, 4.69) is 9.97 Å². The monoisotopic (exact) mass is 242 g/mol. The summed E-state index contributed by atoms with van der Waals surface area (Å²) >= 11 is 0. The van der Waals surface area contributed by atoms with E-state index < -0.39 is 0 Å². The van der Waals surface area contributed by atoms with E-state index in [-0.39, 0.29) is 5.82 Å². The van der Waals surface area contributed by atoms with E-state index in [9.17, 15) is 4.39 Å². The summed E-state index contributed by atoms with van der Waals surface area (Å²) in [4.78, 5) is 8.38. The minimum Gasteiger partial charge on any atom is -0.439 e. The van der Waals surface area contributed by atoms with Crippen molar-refractivity contribution >= 4 is 11.2 Å². The van der Waals surface area contributed by atoms with E-state index in [0.717, 1.165) is 5.56 Å². The third-order valence-electron chi connectivity index (χ3n) is 2.73. The summed E-state index contributed by atoms with van der Waals surface area (Å²) < 4.78 is 18.6. The highest BCUT2D eigenvalue weighted by atomic mass is 19.1. The topological polar surface area (TPSA) is 38.9 Å². The quantitative estimate of drug-likeness (QED) is 0.708. The summed E-state index contributed by atoms with van der Waals surface area (Å²) in [5.74, 6) is 0.416. The molecule has 0 aliphatic carbocycles. The molecule has 0 aliphatic rings. The van der Waals surface area contributed by atoms with Gasteiger partial charge in [-0.15, -0.1) is 0 Å². The average molecular weight is 242 g/mol. The fraction of sp³-hybridized carbons (Fsp3) is 0.143. The third-order valence-corrected chi connectivity index (χ3v) is 2.73. The van der Waals surface area contributed by atoms with Crippen LogP contribution in [0.15, 0.2) is 47.0 Å². The van der Waals surface area contributed by atoms with Gasteiger partial charge in [0.05, 0.1) is 0 Å². The van der Waals surface area contributed by atoms with Crippen LogP contribution in [-0.2, 0) is 12.8 Å². The van der Waals surface area contributed by atoms with Gasteiger partial charge >= 0.3 is 0 Å². The molecule has 0 unspecified atom stereocenters. The van der Waals surface area contributed by atoms with Crippen molar-refractivity contribution in [1.82, 2.24) is 9.97 Å². The highest BCUT2D eigenvalue weighted by molar-refractivity contribution is 5.66. The first-order chi connectivity index (χ1) is 8.81. The zero-order valence-electron chi connectivity index (χ0n) is 9.64. The number of aromatic nitrogens is 2. The van der Waals surface area contributed by atoms with Crippen molar-refractivity contribution in [1.29, 1.82) is 0 Å². The molecule has 0 bridgehead atoms. The fourth-order valence-electron chi connectivity index (χ4n) is 1.86. The second-order valence-electron chi connectivity index (χ2n) is 4.06. The maximum absolute atomic E-state index is 13.0. The Morgan fingerprint density at radius 3 is 2.89 bits per heavy atom. The third kappa shape index (κ3) is 2.22. The van der Waals surface area contributed by atoms with Crippen LogP contribution in [0.5, 0.6) is 0 Å². The minimum absolute atomic E-state index is 0.216. The molecule has 0 amide bonds. The molecule has 3 aromatic rings. The first-order valence-corrected chi connectivity index (χ1v) is 5.76. The minimum atomic E-state index is -0.216. The van der Waals surface area contributed by atoms with Crippen LogP contribution in [0.4, 0.5) is 4.39 Å². The van der Waals surface area contributed by atoms with Crippen LogP contribution < -0.4 is 0 Å². The molecule has 0 radical (unpaired) electrons. The Kier molecular flexibility index (Phi) is 2.76. The molecule has 0 aliphatic heterocycles. The van der Waals surface area contributed by atoms with Crippen LogP contribution >= 0.6 is 0 Å². The molecule has 2 heterocycles. The average Bonchev–Trinajstić information content (AvgIpc) is 2.79. The van der Waals surface area contributed by atoms with Gasteiger partial charge in [-0.05, 0) is 36.2 Å². The molecule has 3 rings (SSSR count). The summed E-state index contributed by atoms with van der Waals surface area (Å²) in [7, 11) is 0.